The maximum atomic E-state index is 12.7. The van der Waals surface area contributed by atoms with Gasteiger partial charge < -0.3 is 23.7 Å². The van der Waals surface area contributed by atoms with Crippen molar-refractivity contribution in [2.75, 3.05) is 6.61 Å². The molecule has 7 heteroatoms. The number of hydrogen-bond donors (Lipinski definition) is 0. The van der Waals surface area contributed by atoms with E-state index in [1.807, 2.05) is 44.2 Å². The first-order valence-electron chi connectivity index (χ1n) is 10.5. The molecule has 0 radical (unpaired) electrons. The lowest BCUT2D eigenvalue weighted by atomic mass is 9.98. The zero-order valence-electron chi connectivity index (χ0n) is 18.8. The van der Waals surface area contributed by atoms with Gasteiger partial charge in [-0.1, -0.05) is 30.3 Å². The summed E-state index contributed by atoms with van der Waals surface area (Å²) in [6.45, 7) is 11.2. The summed E-state index contributed by atoms with van der Waals surface area (Å²) in [6.07, 6.45) is -1.60. The van der Waals surface area contributed by atoms with E-state index in [-0.39, 0.29) is 18.6 Å². The molecule has 2 rings (SSSR count). The van der Waals surface area contributed by atoms with Crippen LogP contribution in [0.4, 0.5) is 0 Å². The average molecular weight is 423 g/mol. The minimum atomic E-state index is -1.11. The van der Waals surface area contributed by atoms with Gasteiger partial charge in [0, 0.05) is 6.42 Å². The Bertz CT molecular complexity index is 662. The summed E-state index contributed by atoms with van der Waals surface area (Å²) in [5.41, 5.74) is 0.978. The van der Waals surface area contributed by atoms with E-state index in [4.69, 9.17) is 23.7 Å². The van der Waals surface area contributed by atoms with E-state index >= 15 is 0 Å². The summed E-state index contributed by atoms with van der Waals surface area (Å²) < 4.78 is 28.4. The standard InChI is InChI=1S/C23H34O7/c1-15(2)28-21(24)18(22(25)29-16(3)4)12-19(20-14-27-23(5,6)30-20)26-13-17-10-8-7-9-11-17/h7-11,15-16,18-20H,12-14H2,1-6H3/t19-,20+/m1/s1. The highest BCUT2D eigenvalue weighted by Gasteiger charge is 2.42. The predicted octanol–water partition coefficient (Wildman–Crippen LogP) is 3.63. The van der Waals surface area contributed by atoms with Crippen LogP contribution in [0.2, 0.25) is 0 Å². The Morgan fingerprint density at radius 3 is 2.07 bits per heavy atom. The summed E-state index contributed by atoms with van der Waals surface area (Å²) >= 11 is 0. The lowest BCUT2D eigenvalue weighted by Gasteiger charge is -2.27. The SMILES string of the molecule is CC(C)OC(=O)C(C[C@@H](OCc1ccccc1)[C@@H]1COC(C)(C)O1)C(=O)OC(C)C. The first-order chi connectivity index (χ1) is 14.1. The van der Waals surface area contributed by atoms with E-state index in [1.54, 1.807) is 27.7 Å². The van der Waals surface area contributed by atoms with Gasteiger partial charge in [-0.15, -0.1) is 0 Å². The lowest BCUT2D eigenvalue weighted by Crippen LogP contribution is -2.40. The van der Waals surface area contributed by atoms with Crippen LogP contribution in [-0.4, -0.2) is 48.7 Å². The van der Waals surface area contributed by atoms with Crippen LogP contribution >= 0.6 is 0 Å². The highest BCUT2D eigenvalue weighted by molar-refractivity contribution is 5.95. The number of rotatable bonds is 10. The lowest BCUT2D eigenvalue weighted by molar-refractivity contribution is -0.174. The molecule has 1 aliphatic heterocycles. The van der Waals surface area contributed by atoms with Crippen molar-refractivity contribution < 1.29 is 33.3 Å². The predicted molar refractivity (Wildman–Crippen MR) is 110 cm³/mol. The number of esters is 2. The third-order valence-electron chi connectivity index (χ3n) is 4.49. The van der Waals surface area contributed by atoms with Gasteiger partial charge in [0.15, 0.2) is 11.7 Å². The van der Waals surface area contributed by atoms with Crippen LogP contribution in [0.15, 0.2) is 30.3 Å². The summed E-state index contributed by atoms with van der Waals surface area (Å²) in [5.74, 6) is -3.11. The van der Waals surface area contributed by atoms with E-state index in [1.165, 1.54) is 0 Å². The van der Waals surface area contributed by atoms with Crippen molar-refractivity contribution in [1.29, 1.82) is 0 Å². The highest BCUT2D eigenvalue weighted by atomic mass is 16.7. The van der Waals surface area contributed by atoms with E-state index in [0.29, 0.717) is 13.2 Å². The number of carbonyl (C=O) groups excluding carboxylic acids is 2. The van der Waals surface area contributed by atoms with Gasteiger partial charge >= 0.3 is 11.9 Å². The van der Waals surface area contributed by atoms with Gasteiger partial charge in [0.1, 0.15) is 6.10 Å². The van der Waals surface area contributed by atoms with Crippen LogP contribution in [0.25, 0.3) is 0 Å². The third-order valence-corrected chi connectivity index (χ3v) is 4.49. The van der Waals surface area contributed by atoms with Gasteiger partial charge in [0.05, 0.1) is 31.5 Å². The molecule has 0 aliphatic carbocycles. The van der Waals surface area contributed by atoms with E-state index < -0.39 is 35.9 Å². The second-order valence-electron chi connectivity index (χ2n) is 8.46. The summed E-state index contributed by atoms with van der Waals surface area (Å²) in [6, 6.07) is 9.68. The van der Waals surface area contributed by atoms with Gasteiger partial charge in [-0.3, -0.25) is 9.59 Å². The second kappa shape index (κ2) is 10.9. The average Bonchev–Trinajstić information content (AvgIpc) is 3.01. The summed E-state index contributed by atoms with van der Waals surface area (Å²) in [7, 11) is 0. The van der Waals surface area contributed by atoms with Crippen molar-refractivity contribution in [3.05, 3.63) is 35.9 Å². The third kappa shape index (κ3) is 7.70. The largest absolute Gasteiger partial charge is 0.462 e. The molecule has 1 heterocycles. The Labute approximate surface area is 179 Å². The Morgan fingerprint density at radius 1 is 1.03 bits per heavy atom. The fourth-order valence-corrected chi connectivity index (χ4v) is 3.15. The Kier molecular flexibility index (Phi) is 8.82. The van der Waals surface area contributed by atoms with Crippen LogP contribution in [0.5, 0.6) is 0 Å². The van der Waals surface area contributed by atoms with Crippen molar-refractivity contribution in [3.8, 4) is 0 Å². The van der Waals surface area contributed by atoms with Crippen LogP contribution in [0.1, 0.15) is 53.5 Å². The fraction of sp³-hybridized carbons (Fsp3) is 0.652. The maximum Gasteiger partial charge on any atom is 0.320 e. The molecule has 1 aromatic rings. The molecular formula is C23H34O7. The zero-order chi connectivity index (χ0) is 22.3. The molecule has 0 amide bonds. The molecule has 0 saturated carbocycles. The number of hydrogen-bond acceptors (Lipinski definition) is 7. The second-order valence-corrected chi connectivity index (χ2v) is 8.46. The summed E-state index contributed by atoms with van der Waals surface area (Å²) in [5, 5.41) is 0. The minimum absolute atomic E-state index is 0.0774. The van der Waals surface area contributed by atoms with E-state index in [9.17, 15) is 9.59 Å². The minimum Gasteiger partial charge on any atom is -0.462 e. The van der Waals surface area contributed by atoms with E-state index in [2.05, 4.69) is 0 Å². The topological polar surface area (TPSA) is 80.3 Å². The van der Waals surface area contributed by atoms with Crippen LogP contribution < -0.4 is 0 Å². The Balaban J connectivity index is 2.19. The Morgan fingerprint density at radius 2 is 1.60 bits per heavy atom. The first kappa shape index (κ1) is 24.3. The molecule has 0 aromatic heterocycles. The molecule has 1 aromatic carbocycles. The van der Waals surface area contributed by atoms with Gasteiger partial charge in [-0.05, 0) is 47.1 Å². The van der Waals surface area contributed by atoms with Crippen LogP contribution in [-0.2, 0) is 39.9 Å². The first-order valence-corrected chi connectivity index (χ1v) is 10.5. The molecule has 0 spiro atoms. The molecule has 1 fully saturated rings. The summed E-state index contributed by atoms with van der Waals surface area (Å²) in [4.78, 5) is 25.4. The molecule has 1 saturated heterocycles. The van der Waals surface area contributed by atoms with Crippen molar-refractivity contribution in [2.24, 2.45) is 5.92 Å². The quantitative estimate of drug-likeness (QED) is 0.421. The van der Waals surface area contributed by atoms with Crippen molar-refractivity contribution in [2.45, 2.75) is 84.8 Å². The van der Waals surface area contributed by atoms with Gasteiger partial charge in [0.25, 0.3) is 0 Å². The Hall–Kier alpha value is -1.96. The van der Waals surface area contributed by atoms with Crippen LogP contribution in [0.3, 0.4) is 0 Å². The smallest absolute Gasteiger partial charge is 0.320 e. The molecule has 1 aliphatic rings. The number of benzene rings is 1. The van der Waals surface area contributed by atoms with Gasteiger partial charge in [-0.25, -0.2) is 0 Å². The molecule has 2 atom stereocenters. The zero-order valence-corrected chi connectivity index (χ0v) is 18.8. The monoisotopic (exact) mass is 422 g/mol. The van der Waals surface area contributed by atoms with Crippen molar-refractivity contribution in [1.82, 2.24) is 0 Å². The van der Waals surface area contributed by atoms with Crippen molar-refractivity contribution in [3.63, 3.8) is 0 Å². The fourth-order valence-electron chi connectivity index (χ4n) is 3.15. The maximum absolute atomic E-state index is 12.7. The van der Waals surface area contributed by atoms with Crippen molar-refractivity contribution >= 4 is 11.9 Å². The number of ether oxygens (including phenoxy) is 5. The molecular weight excluding hydrogens is 388 g/mol. The van der Waals surface area contributed by atoms with Gasteiger partial charge in [-0.2, -0.15) is 0 Å². The van der Waals surface area contributed by atoms with Crippen LogP contribution in [0, 0.1) is 5.92 Å². The molecule has 168 valence electrons. The molecule has 30 heavy (non-hydrogen) atoms. The van der Waals surface area contributed by atoms with E-state index in [0.717, 1.165) is 5.56 Å². The number of carbonyl (C=O) groups is 2. The highest BCUT2D eigenvalue weighted by Crippen LogP contribution is 2.29. The van der Waals surface area contributed by atoms with Gasteiger partial charge in [0.2, 0.25) is 0 Å². The normalized spacial score (nSPS) is 19.3. The molecule has 0 unspecified atom stereocenters. The molecule has 0 bridgehead atoms. The molecule has 0 N–H and O–H groups in total. The molecule has 7 nitrogen and oxygen atoms in total.